The van der Waals surface area contributed by atoms with Crippen LogP contribution >= 0.6 is 0 Å². The molecule has 7 nitrogen and oxygen atoms in total. The molecule has 2 aromatic rings. The molecule has 1 aliphatic carbocycles. The molecule has 1 saturated carbocycles. The third-order valence-corrected chi connectivity index (χ3v) is 4.57. The number of anilines is 1. The second kappa shape index (κ2) is 5.05. The van der Waals surface area contributed by atoms with Gasteiger partial charge in [-0.3, -0.25) is 13.9 Å². The normalized spacial score (nSPS) is 17.5. The molecule has 3 rings (SSSR count). The number of hydrogen-bond donors (Lipinski definition) is 2. The van der Waals surface area contributed by atoms with Gasteiger partial charge in [0.25, 0.3) is 5.56 Å². The molecule has 114 valence electrons. The molecule has 21 heavy (non-hydrogen) atoms. The van der Waals surface area contributed by atoms with Crippen LogP contribution in [0.15, 0.2) is 9.59 Å². The van der Waals surface area contributed by atoms with E-state index in [9.17, 15) is 9.59 Å². The van der Waals surface area contributed by atoms with Crippen molar-refractivity contribution in [1.29, 1.82) is 0 Å². The monoisotopic (exact) mass is 291 g/mol. The average molecular weight is 291 g/mol. The third kappa shape index (κ3) is 2.26. The van der Waals surface area contributed by atoms with Crippen LogP contribution in [0.2, 0.25) is 0 Å². The van der Waals surface area contributed by atoms with Crippen LogP contribution < -0.4 is 16.6 Å². The molecule has 2 aromatic heterocycles. The van der Waals surface area contributed by atoms with Gasteiger partial charge in [-0.25, -0.2) is 4.79 Å². The Balaban J connectivity index is 1.98. The molecule has 0 spiro atoms. The Morgan fingerprint density at radius 3 is 2.57 bits per heavy atom. The van der Waals surface area contributed by atoms with Crippen LogP contribution in [0.25, 0.3) is 11.2 Å². The van der Waals surface area contributed by atoms with Gasteiger partial charge in [-0.2, -0.15) is 4.98 Å². The molecule has 7 heteroatoms. The first-order valence-electron chi connectivity index (χ1n) is 7.41. The van der Waals surface area contributed by atoms with E-state index in [1.165, 1.54) is 37.3 Å². The molecule has 2 N–H and O–H groups in total. The Bertz CT molecular complexity index is 779. The molecule has 0 aromatic carbocycles. The van der Waals surface area contributed by atoms with Crippen molar-refractivity contribution in [1.82, 2.24) is 19.1 Å². The van der Waals surface area contributed by atoms with E-state index in [4.69, 9.17) is 0 Å². The second-order valence-electron chi connectivity index (χ2n) is 5.97. The molecule has 0 bridgehead atoms. The van der Waals surface area contributed by atoms with Crippen molar-refractivity contribution in [2.45, 2.75) is 38.6 Å². The van der Waals surface area contributed by atoms with Crippen LogP contribution in [0.5, 0.6) is 0 Å². The largest absolute Gasteiger partial charge is 0.353 e. The summed E-state index contributed by atoms with van der Waals surface area (Å²) in [4.78, 5) is 31.4. The van der Waals surface area contributed by atoms with E-state index in [-0.39, 0.29) is 11.2 Å². The van der Waals surface area contributed by atoms with Crippen molar-refractivity contribution in [2.75, 3.05) is 5.32 Å². The molecule has 1 aliphatic rings. The highest BCUT2D eigenvalue weighted by Crippen LogP contribution is 2.28. The highest BCUT2D eigenvalue weighted by molar-refractivity contribution is 5.72. The summed E-state index contributed by atoms with van der Waals surface area (Å²) in [6.07, 6.45) is 5.03. The van der Waals surface area contributed by atoms with Crippen LogP contribution in [0, 0.1) is 5.92 Å². The third-order valence-electron chi connectivity index (χ3n) is 4.57. The van der Waals surface area contributed by atoms with Crippen LogP contribution in [-0.4, -0.2) is 25.1 Å². The summed E-state index contributed by atoms with van der Waals surface area (Å²) in [5.74, 6) is 1.20. The van der Waals surface area contributed by atoms with E-state index in [0.29, 0.717) is 29.1 Å². The summed E-state index contributed by atoms with van der Waals surface area (Å²) < 4.78 is 2.48. The molecule has 0 aliphatic heterocycles. The lowest BCUT2D eigenvalue weighted by Gasteiger charge is -2.19. The number of rotatable bonds is 3. The van der Waals surface area contributed by atoms with Gasteiger partial charge >= 0.3 is 5.69 Å². The first-order chi connectivity index (χ1) is 9.99. The predicted octanol–water partition coefficient (Wildman–Crippen LogP) is 0.951. The van der Waals surface area contributed by atoms with E-state index in [0.717, 1.165) is 4.57 Å². The molecule has 1 fully saturated rings. The van der Waals surface area contributed by atoms with Gasteiger partial charge in [0.1, 0.15) is 0 Å². The quantitative estimate of drug-likeness (QED) is 0.882. The van der Waals surface area contributed by atoms with Gasteiger partial charge in [-0.05, 0) is 25.7 Å². The van der Waals surface area contributed by atoms with E-state index in [1.54, 1.807) is 7.05 Å². The van der Waals surface area contributed by atoms with E-state index >= 15 is 0 Å². The van der Waals surface area contributed by atoms with Crippen molar-refractivity contribution in [2.24, 2.45) is 20.0 Å². The number of aromatic amines is 1. The van der Waals surface area contributed by atoms with Crippen molar-refractivity contribution >= 4 is 17.1 Å². The van der Waals surface area contributed by atoms with Gasteiger partial charge in [0.15, 0.2) is 11.2 Å². The van der Waals surface area contributed by atoms with E-state index in [1.807, 2.05) is 0 Å². The zero-order valence-corrected chi connectivity index (χ0v) is 12.6. The predicted molar refractivity (Wildman–Crippen MR) is 81.6 cm³/mol. The topological polar surface area (TPSA) is 84.7 Å². The molecule has 1 unspecified atom stereocenters. The summed E-state index contributed by atoms with van der Waals surface area (Å²) in [6.45, 7) is 2.14. The van der Waals surface area contributed by atoms with E-state index < -0.39 is 0 Å². The minimum absolute atomic E-state index is 0.300. The van der Waals surface area contributed by atoms with Gasteiger partial charge in [0, 0.05) is 20.1 Å². The highest BCUT2D eigenvalue weighted by atomic mass is 16.2. The highest BCUT2D eigenvalue weighted by Gasteiger charge is 2.22. The molecular weight excluding hydrogens is 270 g/mol. The van der Waals surface area contributed by atoms with Gasteiger partial charge in [-0.15, -0.1) is 0 Å². The Morgan fingerprint density at radius 2 is 1.90 bits per heavy atom. The Hall–Kier alpha value is -2.05. The second-order valence-corrected chi connectivity index (χ2v) is 5.97. The number of aryl methyl sites for hydroxylation is 1. The fourth-order valence-electron chi connectivity index (χ4n) is 3.19. The Morgan fingerprint density at radius 1 is 1.24 bits per heavy atom. The number of nitrogens with one attached hydrogen (secondary N) is 2. The van der Waals surface area contributed by atoms with Crippen LogP contribution in [0.4, 0.5) is 5.95 Å². The zero-order chi connectivity index (χ0) is 15.1. The van der Waals surface area contributed by atoms with Gasteiger partial charge in [0.2, 0.25) is 5.95 Å². The van der Waals surface area contributed by atoms with Crippen LogP contribution in [-0.2, 0) is 14.1 Å². The summed E-state index contributed by atoms with van der Waals surface area (Å²) in [7, 11) is 3.09. The van der Waals surface area contributed by atoms with Crippen molar-refractivity contribution in [3.05, 3.63) is 20.8 Å². The zero-order valence-electron chi connectivity index (χ0n) is 12.6. The van der Waals surface area contributed by atoms with Crippen molar-refractivity contribution in [3.63, 3.8) is 0 Å². The van der Waals surface area contributed by atoms with Gasteiger partial charge < -0.3 is 10.3 Å². The van der Waals surface area contributed by atoms with E-state index in [2.05, 4.69) is 22.2 Å². The maximum atomic E-state index is 12.1. The van der Waals surface area contributed by atoms with Crippen LogP contribution in [0.1, 0.15) is 32.6 Å². The lowest BCUT2D eigenvalue weighted by molar-refractivity contribution is 0.480. The maximum Gasteiger partial charge on any atom is 0.332 e. The van der Waals surface area contributed by atoms with Crippen molar-refractivity contribution < 1.29 is 0 Å². The average Bonchev–Trinajstić information content (AvgIpc) is 3.12. The van der Waals surface area contributed by atoms with Crippen molar-refractivity contribution in [3.8, 4) is 0 Å². The van der Waals surface area contributed by atoms with Crippen LogP contribution in [0.3, 0.4) is 0 Å². The Kier molecular flexibility index (Phi) is 3.35. The summed E-state index contributed by atoms with van der Waals surface area (Å²) in [5.41, 5.74) is 0.0431. The first-order valence-corrected chi connectivity index (χ1v) is 7.41. The maximum absolute atomic E-state index is 12.1. The summed E-state index contributed by atoms with van der Waals surface area (Å²) >= 11 is 0. The molecule has 1 atom stereocenters. The number of hydrogen-bond acceptors (Lipinski definition) is 4. The smallest absolute Gasteiger partial charge is 0.332 e. The lowest BCUT2D eigenvalue weighted by atomic mass is 10.0. The lowest BCUT2D eigenvalue weighted by Crippen LogP contribution is -2.36. The molecule has 0 amide bonds. The molecule has 2 heterocycles. The fraction of sp³-hybridized carbons (Fsp3) is 0.643. The standard InChI is InChI=1S/C14H21N5O2/c1-8(9-6-4-5-7-9)15-13-16-10-11(17-13)18(2)14(21)19(3)12(10)20/h8-9H,4-7H2,1-3H3,(H2,15,16,17). The minimum atomic E-state index is -0.366. The fourth-order valence-corrected chi connectivity index (χ4v) is 3.19. The first kappa shape index (κ1) is 13.9. The summed E-state index contributed by atoms with van der Waals surface area (Å²) in [6, 6.07) is 0.300. The molecule has 0 saturated heterocycles. The SMILES string of the molecule is CC(Nc1nc2c([nH]1)c(=O)n(C)c(=O)n2C)C1CCCC1. The molecule has 0 radical (unpaired) electrons. The Labute approximate surface area is 122 Å². The van der Waals surface area contributed by atoms with Gasteiger partial charge in [0.05, 0.1) is 0 Å². The number of nitrogens with zero attached hydrogens (tertiary/aromatic N) is 3. The number of aromatic nitrogens is 4. The summed E-state index contributed by atoms with van der Waals surface area (Å²) in [5, 5.41) is 3.34. The van der Waals surface area contributed by atoms with Gasteiger partial charge in [-0.1, -0.05) is 12.8 Å². The number of fused-ring (bicyclic) bond motifs is 1. The molecular formula is C14H21N5O2. The number of H-pyrrole nitrogens is 1. The number of imidazole rings is 1. The minimum Gasteiger partial charge on any atom is -0.353 e.